The summed E-state index contributed by atoms with van der Waals surface area (Å²) >= 11 is 0. The number of alkyl carbamates (subject to hydrolysis) is 1. The molecule has 2 aliphatic carbocycles. The van der Waals surface area contributed by atoms with Crippen molar-refractivity contribution >= 4 is 23.8 Å². The zero-order valence-corrected chi connectivity index (χ0v) is 22.5. The maximum absolute atomic E-state index is 13.8. The minimum Gasteiger partial charge on any atom is -0.444 e. The van der Waals surface area contributed by atoms with E-state index in [2.05, 4.69) is 15.6 Å². The number of halogens is 5. The number of urea groups is 1. The first-order valence-corrected chi connectivity index (χ1v) is 13.3. The van der Waals surface area contributed by atoms with Crippen molar-refractivity contribution in [3.8, 4) is 0 Å². The lowest BCUT2D eigenvalue weighted by Gasteiger charge is -2.33. The minimum absolute atomic E-state index is 0.00253. The third-order valence-corrected chi connectivity index (χ3v) is 7.30. The average Bonchev–Trinajstić information content (AvgIpc) is 3.57. The zero-order valence-electron chi connectivity index (χ0n) is 22.5. The van der Waals surface area contributed by atoms with Gasteiger partial charge >= 0.3 is 18.3 Å². The fourth-order valence-electron chi connectivity index (χ4n) is 5.23. The second kappa shape index (κ2) is 11.0. The average molecular weight is 576 g/mol. The fourth-order valence-corrected chi connectivity index (χ4v) is 5.23. The molecule has 0 bridgehead atoms. The van der Waals surface area contributed by atoms with Gasteiger partial charge in [-0.1, -0.05) is 0 Å². The van der Waals surface area contributed by atoms with Crippen LogP contribution in [0, 0.1) is 11.8 Å². The highest BCUT2D eigenvalue weighted by atomic mass is 19.4. The second-order valence-electron chi connectivity index (χ2n) is 11.8. The molecule has 0 aromatic carbocycles. The van der Waals surface area contributed by atoms with Crippen LogP contribution in [0.4, 0.5) is 37.4 Å². The first-order valence-electron chi connectivity index (χ1n) is 13.3. The Bertz CT molecular complexity index is 1110. The summed E-state index contributed by atoms with van der Waals surface area (Å²) in [5.41, 5.74) is -0.356. The van der Waals surface area contributed by atoms with E-state index < -0.39 is 79.2 Å². The number of hydrogen-bond donors (Lipinski definition) is 3. The van der Waals surface area contributed by atoms with Gasteiger partial charge in [0, 0.05) is 19.0 Å². The minimum atomic E-state index is -4.59. The molecule has 4 amide bonds. The summed E-state index contributed by atoms with van der Waals surface area (Å²) in [4.78, 5) is 43.6. The van der Waals surface area contributed by atoms with Crippen LogP contribution in [-0.2, 0) is 9.53 Å². The number of alkyl halides is 5. The predicted octanol–water partition coefficient (Wildman–Crippen LogP) is 5.15. The Balaban J connectivity index is 1.52. The first kappa shape index (κ1) is 29.8. The standard InChI is InChI=1S/C26H34F5N5O4/c1-24(2,3)40-23(39)35-19(14-6-9-25(27,28)10-7-14)21(37)34-18-12-16(8-11-32-18)20(15-4-5-15)36-13-17(26(29,30)31)33-22(36)38/h8,11-12,14-15,17,19-20H,4-7,9-10,13H2,1-3H3,(H,33,38)(H,35,39)(H,32,34,37)/t17-,19-,20?/m0/s1. The van der Waals surface area contributed by atoms with Gasteiger partial charge in [0.05, 0.1) is 12.6 Å². The summed E-state index contributed by atoms with van der Waals surface area (Å²) in [5, 5.41) is 7.11. The Hall–Kier alpha value is -3.19. The maximum atomic E-state index is 13.8. The Morgan fingerprint density at radius 2 is 1.77 bits per heavy atom. The van der Waals surface area contributed by atoms with E-state index in [1.54, 1.807) is 26.8 Å². The van der Waals surface area contributed by atoms with Crippen LogP contribution in [0.2, 0.25) is 0 Å². The van der Waals surface area contributed by atoms with Crippen molar-refractivity contribution in [1.82, 2.24) is 20.5 Å². The van der Waals surface area contributed by atoms with Crippen molar-refractivity contribution in [3.05, 3.63) is 23.9 Å². The summed E-state index contributed by atoms with van der Waals surface area (Å²) in [6.07, 6.45) is -3.49. The number of pyridine rings is 1. The molecule has 1 aliphatic heterocycles. The Morgan fingerprint density at radius 1 is 1.12 bits per heavy atom. The van der Waals surface area contributed by atoms with Crippen LogP contribution in [-0.4, -0.2) is 64.2 Å². The molecule has 222 valence electrons. The van der Waals surface area contributed by atoms with Gasteiger partial charge in [0.15, 0.2) is 0 Å². The lowest BCUT2D eigenvalue weighted by atomic mass is 9.81. The number of ether oxygens (including phenoxy) is 1. The van der Waals surface area contributed by atoms with Crippen molar-refractivity contribution in [3.63, 3.8) is 0 Å². The lowest BCUT2D eigenvalue weighted by Crippen LogP contribution is -2.51. The lowest BCUT2D eigenvalue weighted by molar-refractivity contribution is -0.150. The fraction of sp³-hybridized carbons (Fsp3) is 0.692. The molecule has 2 heterocycles. The quantitative estimate of drug-likeness (QED) is 0.390. The molecule has 0 spiro atoms. The molecule has 2 saturated carbocycles. The van der Waals surface area contributed by atoms with Crippen molar-refractivity contribution in [1.29, 1.82) is 0 Å². The SMILES string of the molecule is CC(C)(C)OC(=O)N[C@H](C(=O)Nc1cc(C(C2CC2)N2C[C@@H](C(F)(F)F)NC2=O)ccn1)C1CCC(F)(F)CC1. The molecule has 9 nitrogen and oxygen atoms in total. The summed E-state index contributed by atoms with van der Waals surface area (Å²) in [7, 11) is 0. The van der Waals surface area contributed by atoms with E-state index in [-0.39, 0.29) is 24.6 Å². The summed E-state index contributed by atoms with van der Waals surface area (Å²) in [5.74, 6) is -4.11. The van der Waals surface area contributed by atoms with Crippen LogP contribution < -0.4 is 16.0 Å². The molecular weight excluding hydrogens is 541 g/mol. The first-order chi connectivity index (χ1) is 18.5. The molecule has 14 heteroatoms. The summed E-state index contributed by atoms with van der Waals surface area (Å²) < 4.78 is 72.7. The van der Waals surface area contributed by atoms with Crippen molar-refractivity contribution in [2.24, 2.45) is 11.8 Å². The van der Waals surface area contributed by atoms with E-state index >= 15 is 0 Å². The van der Waals surface area contributed by atoms with E-state index in [0.717, 1.165) is 17.7 Å². The van der Waals surface area contributed by atoms with E-state index in [4.69, 9.17) is 4.74 Å². The van der Waals surface area contributed by atoms with E-state index in [0.29, 0.717) is 5.56 Å². The molecule has 4 rings (SSSR count). The second-order valence-corrected chi connectivity index (χ2v) is 11.8. The molecule has 3 aliphatic rings. The smallest absolute Gasteiger partial charge is 0.410 e. The molecule has 0 radical (unpaired) electrons. The highest BCUT2D eigenvalue weighted by Crippen LogP contribution is 2.46. The monoisotopic (exact) mass is 575 g/mol. The van der Waals surface area contributed by atoms with Crippen LogP contribution in [0.1, 0.15) is 70.9 Å². The van der Waals surface area contributed by atoms with Crippen molar-refractivity contribution in [2.75, 3.05) is 11.9 Å². The highest BCUT2D eigenvalue weighted by molar-refractivity contribution is 5.96. The number of carbonyl (C=O) groups is 3. The third kappa shape index (κ3) is 7.51. The van der Waals surface area contributed by atoms with Gasteiger partial charge in [0.25, 0.3) is 0 Å². The third-order valence-electron chi connectivity index (χ3n) is 7.30. The predicted molar refractivity (Wildman–Crippen MR) is 133 cm³/mol. The van der Waals surface area contributed by atoms with Crippen LogP contribution in [0.15, 0.2) is 18.3 Å². The Kier molecular flexibility index (Phi) is 8.19. The Labute approximate surface area is 228 Å². The maximum Gasteiger partial charge on any atom is 0.410 e. The number of nitrogens with zero attached hydrogens (tertiary/aromatic N) is 2. The normalized spacial score (nSPS) is 23.2. The van der Waals surface area contributed by atoms with Gasteiger partial charge in [0.1, 0.15) is 23.5 Å². The zero-order chi connectivity index (χ0) is 29.5. The van der Waals surface area contributed by atoms with Gasteiger partial charge in [-0.25, -0.2) is 23.4 Å². The molecule has 3 atom stereocenters. The number of anilines is 1. The van der Waals surface area contributed by atoms with Gasteiger partial charge in [-0.3, -0.25) is 4.79 Å². The number of amides is 4. The molecule has 1 aromatic heterocycles. The molecular formula is C26H34F5N5O4. The van der Waals surface area contributed by atoms with Gasteiger partial charge in [-0.2, -0.15) is 13.2 Å². The number of nitrogens with one attached hydrogen (secondary N) is 3. The molecule has 1 saturated heterocycles. The van der Waals surface area contributed by atoms with Gasteiger partial charge < -0.3 is 25.6 Å². The summed E-state index contributed by atoms with van der Waals surface area (Å²) in [6, 6.07) is -1.59. The topological polar surface area (TPSA) is 113 Å². The van der Waals surface area contributed by atoms with Crippen LogP contribution in [0.3, 0.4) is 0 Å². The van der Waals surface area contributed by atoms with Crippen LogP contribution in [0.25, 0.3) is 0 Å². The number of hydrogen-bond acceptors (Lipinski definition) is 5. The van der Waals surface area contributed by atoms with Gasteiger partial charge in [0.2, 0.25) is 11.8 Å². The Morgan fingerprint density at radius 3 is 2.33 bits per heavy atom. The van der Waals surface area contributed by atoms with E-state index in [1.165, 1.54) is 12.3 Å². The molecule has 3 fully saturated rings. The largest absolute Gasteiger partial charge is 0.444 e. The van der Waals surface area contributed by atoms with Crippen LogP contribution in [0.5, 0.6) is 0 Å². The van der Waals surface area contributed by atoms with Gasteiger partial charge in [-0.15, -0.1) is 0 Å². The molecule has 40 heavy (non-hydrogen) atoms. The van der Waals surface area contributed by atoms with Gasteiger partial charge in [-0.05, 0) is 76.0 Å². The molecule has 3 N–H and O–H groups in total. The highest BCUT2D eigenvalue weighted by Gasteiger charge is 2.51. The number of rotatable bonds is 7. The van der Waals surface area contributed by atoms with Crippen molar-refractivity contribution < 1.29 is 41.1 Å². The number of carbonyl (C=O) groups excluding carboxylic acids is 3. The van der Waals surface area contributed by atoms with Crippen LogP contribution >= 0.6 is 0 Å². The molecule has 1 unspecified atom stereocenters. The van der Waals surface area contributed by atoms with E-state index in [9.17, 15) is 36.3 Å². The van der Waals surface area contributed by atoms with E-state index in [1.807, 2.05) is 5.32 Å². The number of aromatic nitrogens is 1. The molecule has 1 aromatic rings. The van der Waals surface area contributed by atoms with Crippen molar-refractivity contribution in [2.45, 2.75) is 95.1 Å². The summed E-state index contributed by atoms with van der Waals surface area (Å²) in [6.45, 7) is 4.39.